The Morgan fingerprint density at radius 3 is 2.56 bits per heavy atom. The second-order valence-corrected chi connectivity index (χ2v) is 5.23. The van der Waals surface area contributed by atoms with Crippen LogP contribution in [0.15, 0.2) is 29.2 Å². The number of nitrogens with one attached hydrogen (secondary N) is 1. The predicted molar refractivity (Wildman–Crippen MR) is 74.9 cm³/mol. The van der Waals surface area contributed by atoms with Crippen molar-refractivity contribution in [1.82, 2.24) is 5.32 Å². The zero-order chi connectivity index (χ0) is 13.6. The minimum absolute atomic E-state index is 0.165. The quantitative estimate of drug-likeness (QED) is 0.669. The Hall–Kier alpha value is -1.60. The second-order valence-electron chi connectivity index (χ2n) is 4.19. The Bertz CT molecular complexity index is 446. The van der Waals surface area contributed by atoms with Crippen molar-refractivity contribution in [3.8, 4) is 18.1 Å². The Labute approximate surface area is 112 Å². The minimum atomic E-state index is -0.630. The van der Waals surface area contributed by atoms with Gasteiger partial charge in [-0.3, -0.25) is 4.79 Å². The largest absolute Gasteiger partial charge is 0.494 e. The van der Waals surface area contributed by atoms with E-state index < -0.39 is 5.54 Å². The third-order valence-electron chi connectivity index (χ3n) is 2.12. The van der Waals surface area contributed by atoms with Crippen LogP contribution in [0.3, 0.4) is 0 Å². The first-order chi connectivity index (χ1) is 8.46. The van der Waals surface area contributed by atoms with E-state index in [1.807, 2.05) is 31.2 Å². The van der Waals surface area contributed by atoms with Crippen LogP contribution in [0.5, 0.6) is 5.75 Å². The molecular weight excluding hydrogens is 246 g/mol. The average molecular weight is 263 g/mol. The van der Waals surface area contributed by atoms with Crippen LogP contribution in [-0.2, 0) is 0 Å². The summed E-state index contributed by atoms with van der Waals surface area (Å²) in [5.74, 6) is 3.32. The number of ether oxygens (including phenoxy) is 1. The zero-order valence-corrected chi connectivity index (χ0v) is 11.6. The molecule has 0 atom stereocenters. The number of hydrogen-bond donors (Lipinski definition) is 1. The first-order valence-electron chi connectivity index (χ1n) is 5.67. The SMILES string of the molecule is C#CC(C)(C)NC(=O)Sc1ccc(OCC)cc1. The Morgan fingerprint density at radius 2 is 2.06 bits per heavy atom. The smallest absolute Gasteiger partial charge is 0.285 e. The highest BCUT2D eigenvalue weighted by Gasteiger charge is 2.17. The molecule has 0 aromatic heterocycles. The summed E-state index contributed by atoms with van der Waals surface area (Å²) in [5, 5.41) is 2.59. The van der Waals surface area contributed by atoms with Crippen LogP contribution in [0.25, 0.3) is 0 Å². The number of hydrogen-bond acceptors (Lipinski definition) is 3. The molecule has 1 rings (SSSR count). The minimum Gasteiger partial charge on any atom is -0.494 e. The second kappa shape index (κ2) is 6.36. The van der Waals surface area contributed by atoms with Gasteiger partial charge in [-0.05, 0) is 56.8 Å². The summed E-state index contributed by atoms with van der Waals surface area (Å²) in [6, 6.07) is 7.37. The highest BCUT2D eigenvalue weighted by atomic mass is 32.2. The molecule has 0 aliphatic heterocycles. The van der Waals surface area contributed by atoms with E-state index in [2.05, 4.69) is 11.2 Å². The van der Waals surface area contributed by atoms with Gasteiger partial charge >= 0.3 is 0 Å². The standard InChI is InChI=1S/C14H17NO2S/c1-5-14(3,4)15-13(16)18-12-9-7-11(8-10-12)17-6-2/h1,7-10H,6H2,2-4H3,(H,15,16). The Kier molecular flexibility index (Phi) is 5.11. The molecule has 18 heavy (non-hydrogen) atoms. The lowest BCUT2D eigenvalue weighted by Crippen LogP contribution is -2.39. The number of thioether (sulfide) groups is 1. The van der Waals surface area contributed by atoms with Gasteiger partial charge in [-0.25, -0.2) is 0 Å². The van der Waals surface area contributed by atoms with Crippen LogP contribution in [0.1, 0.15) is 20.8 Å². The Morgan fingerprint density at radius 1 is 1.44 bits per heavy atom. The van der Waals surface area contributed by atoms with Crippen molar-refractivity contribution >= 4 is 17.0 Å². The van der Waals surface area contributed by atoms with Crippen molar-refractivity contribution < 1.29 is 9.53 Å². The highest BCUT2D eigenvalue weighted by Crippen LogP contribution is 2.22. The third-order valence-corrected chi connectivity index (χ3v) is 2.92. The molecule has 96 valence electrons. The van der Waals surface area contributed by atoms with E-state index in [1.165, 1.54) is 0 Å². The summed E-state index contributed by atoms with van der Waals surface area (Å²) in [6.45, 7) is 6.12. The normalized spacial score (nSPS) is 10.6. The van der Waals surface area contributed by atoms with Crippen molar-refractivity contribution in [2.75, 3.05) is 6.61 Å². The van der Waals surface area contributed by atoms with Crippen LogP contribution >= 0.6 is 11.8 Å². The summed E-state index contributed by atoms with van der Waals surface area (Å²) in [7, 11) is 0. The van der Waals surface area contributed by atoms with Gasteiger partial charge in [0.15, 0.2) is 0 Å². The summed E-state index contributed by atoms with van der Waals surface area (Å²) in [4.78, 5) is 12.6. The van der Waals surface area contributed by atoms with Gasteiger partial charge in [0.05, 0.1) is 12.1 Å². The molecule has 0 unspecified atom stereocenters. The van der Waals surface area contributed by atoms with E-state index in [0.29, 0.717) is 6.61 Å². The first-order valence-corrected chi connectivity index (χ1v) is 6.49. The summed E-state index contributed by atoms with van der Waals surface area (Å²) < 4.78 is 5.33. The van der Waals surface area contributed by atoms with Gasteiger partial charge in [0.2, 0.25) is 0 Å². The number of amides is 1. The number of benzene rings is 1. The van der Waals surface area contributed by atoms with E-state index in [0.717, 1.165) is 22.4 Å². The summed E-state index contributed by atoms with van der Waals surface area (Å²) in [6.07, 6.45) is 5.31. The van der Waals surface area contributed by atoms with Crippen molar-refractivity contribution in [2.45, 2.75) is 31.2 Å². The molecule has 4 heteroatoms. The zero-order valence-electron chi connectivity index (χ0n) is 10.8. The molecule has 0 heterocycles. The molecule has 3 nitrogen and oxygen atoms in total. The van der Waals surface area contributed by atoms with Crippen LogP contribution < -0.4 is 10.1 Å². The number of carbonyl (C=O) groups excluding carboxylic acids is 1. The molecule has 0 spiro atoms. The molecule has 0 radical (unpaired) electrons. The van der Waals surface area contributed by atoms with E-state index in [1.54, 1.807) is 13.8 Å². The fraction of sp³-hybridized carbons (Fsp3) is 0.357. The molecule has 0 saturated heterocycles. The molecule has 0 aliphatic carbocycles. The first kappa shape index (κ1) is 14.5. The van der Waals surface area contributed by atoms with Crippen LogP contribution in [0.4, 0.5) is 4.79 Å². The average Bonchev–Trinajstić information content (AvgIpc) is 2.31. The van der Waals surface area contributed by atoms with Crippen LogP contribution in [0.2, 0.25) is 0 Å². The Balaban J connectivity index is 2.58. The van der Waals surface area contributed by atoms with E-state index in [-0.39, 0.29) is 5.24 Å². The molecule has 1 amide bonds. The summed E-state index contributed by atoms with van der Waals surface area (Å²) >= 11 is 1.11. The highest BCUT2D eigenvalue weighted by molar-refractivity contribution is 8.13. The lowest BCUT2D eigenvalue weighted by Gasteiger charge is -2.18. The molecule has 1 aromatic rings. The maximum Gasteiger partial charge on any atom is 0.285 e. The molecular formula is C14H17NO2S. The van der Waals surface area contributed by atoms with Crippen molar-refractivity contribution in [2.24, 2.45) is 0 Å². The predicted octanol–water partition coefficient (Wildman–Crippen LogP) is 3.30. The summed E-state index contributed by atoms with van der Waals surface area (Å²) in [5.41, 5.74) is -0.630. The molecule has 1 aromatic carbocycles. The van der Waals surface area contributed by atoms with Crippen molar-refractivity contribution in [3.63, 3.8) is 0 Å². The fourth-order valence-electron chi connectivity index (χ4n) is 1.19. The molecule has 0 aliphatic rings. The number of rotatable bonds is 4. The molecule has 0 saturated carbocycles. The van der Waals surface area contributed by atoms with Gasteiger partial charge in [-0.1, -0.05) is 5.92 Å². The third kappa shape index (κ3) is 4.72. The molecule has 1 N–H and O–H groups in total. The van der Waals surface area contributed by atoms with Gasteiger partial charge < -0.3 is 10.1 Å². The van der Waals surface area contributed by atoms with Gasteiger partial charge in [0.1, 0.15) is 5.75 Å². The van der Waals surface area contributed by atoms with Crippen molar-refractivity contribution in [3.05, 3.63) is 24.3 Å². The molecule has 0 fully saturated rings. The van der Waals surface area contributed by atoms with Crippen LogP contribution in [0, 0.1) is 12.3 Å². The number of terminal acetylenes is 1. The molecule has 0 bridgehead atoms. The maximum atomic E-state index is 11.7. The topological polar surface area (TPSA) is 38.3 Å². The van der Waals surface area contributed by atoms with Crippen molar-refractivity contribution in [1.29, 1.82) is 0 Å². The maximum absolute atomic E-state index is 11.7. The van der Waals surface area contributed by atoms with Gasteiger partial charge in [0.25, 0.3) is 5.24 Å². The van der Waals surface area contributed by atoms with Crippen LogP contribution in [-0.4, -0.2) is 17.4 Å². The van der Waals surface area contributed by atoms with Gasteiger partial charge in [-0.15, -0.1) is 6.42 Å². The van der Waals surface area contributed by atoms with E-state index >= 15 is 0 Å². The number of carbonyl (C=O) groups is 1. The lowest BCUT2D eigenvalue weighted by atomic mass is 10.1. The monoisotopic (exact) mass is 263 g/mol. The van der Waals surface area contributed by atoms with Gasteiger partial charge in [0, 0.05) is 4.90 Å². The fourth-order valence-corrected chi connectivity index (χ4v) is 1.99. The van der Waals surface area contributed by atoms with E-state index in [4.69, 9.17) is 11.2 Å². The van der Waals surface area contributed by atoms with Gasteiger partial charge in [-0.2, -0.15) is 0 Å². The lowest BCUT2D eigenvalue weighted by molar-refractivity contribution is 0.256. The van der Waals surface area contributed by atoms with E-state index in [9.17, 15) is 4.79 Å².